The van der Waals surface area contributed by atoms with Gasteiger partial charge in [0.25, 0.3) is 5.91 Å². The molecule has 1 aromatic rings. The van der Waals surface area contributed by atoms with E-state index in [-0.39, 0.29) is 22.9 Å². The Kier molecular flexibility index (Phi) is 7.80. The first-order valence-electron chi connectivity index (χ1n) is 9.81. The average molecular weight is 446 g/mol. The fourth-order valence-electron chi connectivity index (χ4n) is 3.84. The number of hydrogen-bond acceptors (Lipinski definition) is 5. The van der Waals surface area contributed by atoms with Crippen LogP contribution in [-0.4, -0.2) is 75.2 Å². The van der Waals surface area contributed by atoms with E-state index in [0.29, 0.717) is 30.6 Å². The summed E-state index contributed by atoms with van der Waals surface area (Å²) < 4.78 is 31.7. The maximum absolute atomic E-state index is 12.5. The third-order valence-electron chi connectivity index (χ3n) is 5.53. The molecule has 1 atom stereocenters. The molecule has 2 aliphatic heterocycles. The smallest absolute Gasteiger partial charge is 0.475 e. The van der Waals surface area contributed by atoms with Gasteiger partial charge in [-0.2, -0.15) is 18.3 Å². The molecule has 0 bridgehead atoms. The molecule has 0 saturated carbocycles. The number of aliphatic carboxylic acids is 1. The Balaban J connectivity index is 0.000000423. The lowest BCUT2D eigenvalue weighted by Crippen LogP contribution is -2.40. The molecule has 2 amide bonds. The van der Waals surface area contributed by atoms with Crippen molar-refractivity contribution in [1.82, 2.24) is 20.0 Å². The van der Waals surface area contributed by atoms with Crippen molar-refractivity contribution in [3.05, 3.63) is 27.7 Å². The number of halogens is 3. The van der Waals surface area contributed by atoms with Crippen LogP contribution in [0, 0.1) is 18.8 Å². The normalized spacial score (nSPS) is 19.6. The Bertz CT molecular complexity index is 878. The minimum atomic E-state index is -5.08. The highest BCUT2D eigenvalue weighted by Crippen LogP contribution is 2.32. The van der Waals surface area contributed by atoms with Crippen molar-refractivity contribution in [2.24, 2.45) is 11.8 Å². The number of carboxylic acid groups (broad SMARTS) is 1. The molecule has 1 unspecified atom stereocenters. The summed E-state index contributed by atoms with van der Waals surface area (Å²) in [7, 11) is 0. The average Bonchev–Trinajstić information content (AvgIpc) is 3.17. The van der Waals surface area contributed by atoms with Crippen LogP contribution < -0.4 is 5.43 Å². The maximum Gasteiger partial charge on any atom is 0.490 e. The molecule has 3 heterocycles. The molecular formula is C19H25F3N4O5. The molecule has 2 fully saturated rings. The molecular weight excluding hydrogens is 421 g/mol. The van der Waals surface area contributed by atoms with Crippen LogP contribution in [0.1, 0.15) is 42.4 Å². The Morgan fingerprint density at radius 1 is 1.10 bits per heavy atom. The highest BCUT2D eigenvalue weighted by Gasteiger charge is 2.38. The second kappa shape index (κ2) is 9.92. The van der Waals surface area contributed by atoms with Gasteiger partial charge in [-0.3, -0.25) is 19.5 Å². The highest BCUT2D eigenvalue weighted by atomic mass is 19.4. The molecule has 0 aliphatic carbocycles. The van der Waals surface area contributed by atoms with Crippen molar-refractivity contribution in [1.29, 1.82) is 0 Å². The largest absolute Gasteiger partial charge is 0.490 e. The van der Waals surface area contributed by atoms with Crippen LogP contribution in [-0.2, 0) is 9.59 Å². The van der Waals surface area contributed by atoms with Crippen molar-refractivity contribution in [3.63, 3.8) is 0 Å². The van der Waals surface area contributed by atoms with Crippen LogP contribution in [0.5, 0.6) is 0 Å². The van der Waals surface area contributed by atoms with Gasteiger partial charge in [0.1, 0.15) is 0 Å². The molecule has 2 N–H and O–H groups in total. The van der Waals surface area contributed by atoms with E-state index in [0.717, 1.165) is 32.4 Å². The number of carbonyl (C=O) groups excluding carboxylic acids is 2. The monoisotopic (exact) mass is 446 g/mol. The molecule has 31 heavy (non-hydrogen) atoms. The Morgan fingerprint density at radius 2 is 1.61 bits per heavy atom. The fraction of sp³-hybridized carbons (Fsp3) is 0.632. The first-order chi connectivity index (χ1) is 14.4. The zero-order valence-electron chi connectivity index (χ0n) is 17.2. The topological polar surface area (TPSA) is 124 Å². The molecule has 0 spiro atoms. The maximum atomic E-state index is 12.5. The van der Waals surface area contributed by atoms with Crippen molar-refractivity contribution in [3.8, 4) is 0 Å². The first kappa shape index (κ1) is 24.4. The molecule has 172 valence electrons. The third-order valence-corrected chi connectivity index (χ3v) is 5.53. The number of hydrogen-bond donors (Lipinski definition) is 2. The van der Waals surface area contributed by atoms with Crippen molar-refractivity contribution in [2.75, 3.05) is 26.2 Å². The lowest BCUT2D eigenvalue weighted by Gasteiger charge is -2.34. The summed E-state index contributed by atoms with van der Waals surface area (Å²) in [6, 6.07) is 1.41. The highest BCUT2D eigenvalue weighted by molar-refractivity contribution is 5.92. The van der Waals surface area contributed by atoms with Crippen LogP contribution >= 0.6 is 0 Å². The van der Waals surface area contributed by atoms with E-state index in [1.165, 1.54) is 6.07 Å². The Labute approximate surface area is 176 Å². The summed E-state index contributed by atoms with van der Waals surface area (Å²) >= 11 is 0. The lowest BCUT2D eigenvalue weighted by atomic mass is 9.84. The molecule has 12 heteroatoms. The summed E-state index contributed by atoms with van der Waals surface area (Å²) in [6.45, 7) is 6.32. The summed E-state index contributed by atoms with van der Waals surface area (Å²) in [6.07, 6.45) is -2.13. The van der Waals surface area contributed by atoms with E-state index in [2.05, 4.69) is 10.2 Å². The Hall–Kier alpha value is -2.92. The number of nitrogens with one attached hydrogen (secondary N) is 1. The van der Waals surface area contributed by atoms with Gasteiger partial charge in [0.2, 0.25) is 11.3 Å². The van der Waals surface area contributed by atoms with E-state index in [4.69, 9.17) is 9.90 Å². The number of rotatable bonds is 2. The van der Waals surface area contributed by atoms with Crippen LogP contribution in [0.15, 0.2) is 10.9 Å². The van der Waals surface area contributed by atoms with Crippen LogP contribution in [0.3, 0.4) is 0 Å². The molecule has 0 radical (unpaired) electrons. The number of carbonyl (C=O) groups is 3. The van der Waals surface area contributed by atoms with Gasteiger partial charge in [0, 0.05) is 44.9 Å². The molecule has 2 saturated heterocycles. The predicted molar refractivity (Wildman–Crippen MR) is 102 cm³/mol. The molecule has 1 aromatic heterocycles. The van der Waals surface area contributed by atoms with Crippen LogP contribution in [0.4, 0.5) is 13.2 Å². The molecule has 3 rings (SSSR count). The third kappa shape index (κ3) is 6.53. The number of nitrogens with zero attached hydrogens (tertiary/aromatic N) is 3. The number of aromatic nitrogens is 2. The summed E-state index contributed by atoms with van der Waals surface area (Å²) in [5.74, 6) is -1.90. The summed E-state index contributed by atoms with van der Waals surface area (Å²) in [4.78, 5) is 48.4. The van der Waals surface area contributed by atoms with Gasteiger partial charge in [0.05, 0.1) is 0 Å². The van der Waals surface area contributed by atoms with Gasteiger partial charge in [-0.15, -0.1) is 0 Å². The standard InChI is InChI=1S/C17H24N4O3.C2HF3O2/c1-11-9-15(23)16(19-18-11)17(24)21-8-5-14(10-21)13-3-6-20(7-4-13)12(2)22;3-2(4,5)1(6)7/h9,13-14H,3-8,10H2,1-2H3,(H,18,23);(H,6,7). The van der Waals surface area contributed by atoms with Crippen molar-refractivity contribution < 1.29 is 32.7 Å². The van der Waals surface area contributed by atoms with Crippen molar-refractivity contribution >= 4 is 17.8 Å². The van der Waals surface area contributed by atoms with E-state index in [9.17, 15) is 27.6 Å². The van der Waals surface area contributed by atoms with Crippen LogP contribution in [0.25, 0.3) is 0 Å². The minimum Gasteiger partial charge on any atom is -0.475 e. The fourth-order valence-corrected chi connectivity index (χ4v) is 3.84. The SMILES string of the molecule is CC(=O)N1CCC(C2CCN(C(=O)c3n[nH]c(C)cc3=O)C2)CC1.O=C(O)C(F)(F)F. The lowest BCUT2D eigenvalue weighted by molar-refractivity contribution is -0.192. The predicted octanol–water partition coefficient (Wildman–Crippen LogP) is 1.43. The van der Waals surface area contributed by atoms with Crippen molar-refractivity contribution in [2.45, 2.75) is 39.3 Å². The number of alkyl halides is 3. The van der Waals surface area contributed by atoms with E-state index >= 15 is 0 Å². The van der Waals surface area contributed by atoms with E-state index in [1.54, 1.807) is 18.7 Å². The minimum absolute atomic E-state index is 0.0207. The number of carboxylic acids is 1. The first-order valence-corrected chi connectivity index (χ1v) is 9.81. The number of amides is 2. The number of aromatic amines is 1. The van der Waals surface area contributed by atoms with E-state index in [1.807, 2.05) is 4.90 Å². The zero-order valence-corrected chi connectivity index (χ0v) is 17.2. The van der Waals surface area contributed by atoms with Crippen LogP contribution in [0.2, 0.25) is 0 Å². The number of H-pyrrole nitrogens is 1. The number of likely N-dealkylation sites (tertiary alicyclic amines) is 2. The Morgan fingerprint density at radius 3 is 2.10 bits per heavy atom. The quantitative estimate of drug-likeness (QED) is 0.709. The second-order valence-electron chi connectivity index (χ2n) is 7.71. The van der Waals surface area contributed by atoms with Gasteiger partial charge in [-0.25, -0.2) is 4.79 Å². The van der Waals surface area contributed by atoms with Gasteiger partial charge in [-0.05, 0) is 38.0 Å². The van der Waals surface area contributed by atoms with Gasteiger partial charge in [-0.1, -0.05) is 0 Å². The molecule has 0 aromatic carbocycles. The second-order valence-corrected chi connectivity index (χ2v) is 7.71. The molecule has 2 aliphatic rings. The summed E-state index contributed by atoms with van der Waals surface area (Å²) in [5, 5.41) is 13.7. The van der Waals surface area contributed by atoms with E-state index < -0.39 is 12.1 Å². The van der Waals surface area contributed by atoms with Gasteiger partial charge >= 0.3 is 12.1 Å². The number of aryl methyl sites for hydroxylation is 1. The zero-order chi connectivity index (χ0) is 23.3. The summed E-state index contributed by atoms with van der Waals surface area (Å²) in [5.41, 5.74) is 0.301. The van der Waals surface area contributed by atoms with Gasteiger partial charge in [0.15, 0.2) is 5.69 Å². The number of piperidine rings is 1. The van der Waals surface area contributed by atoms with Gasteiger partial charge < -0.3 is 14.9 Å². The molecule has 9 nitrogen and oxygen atoms in total.